The topological polar surface area (TPSA) is 221 Å². The molecule has 8 aromatic rings. The summed E-state index contributed by atoms with van der Waals surface area (Å²) in [4.78, 5) is 0. The lowest BCUT2D eigenvalue weighted by molar-refractivity contribution is 0.221. The van der Waals surface area contributed by atoms with E-state index >= 15 is 0 Å². The molecule has 0 radical (unpaired) electrons. The number of fused-ring (bicyclic) bond motifs is 4. The van der Waals surface area contributed by atoms with E-state index < -0.39 is 47.7 Å². The maximum absolute atomic E-state index is 12.5. The Bertz CT molecular complexity index is 3110. The molecule has 12 nitrogen and oxygen atoms in total. The van der Waals surface area contributed by atoms with Crippen LogP contribution < -0.4 is 9.47 Å². The number of hydrogen-bond acceptors (Lipinski definition) is 12. The molecule has 0 unspecified atom stereocenters. The second-order valence-corrected chi connectivity index (χ2v) is 18.2. The zero-order valence-corrected chi connectivity index (χ0v) is 35.8. The number of benzene rings is 8. The van der Waals surface area contributed by atoms with E-state index in [1.54, 1.807) is 121 Å². The fourth-order valence-corrected chi connectivity index (χ4v) is 12.0. The molecule has 12 heteroatoms. The summed E-state index contributed by atoms with van der Waals surface area (Å²) in [6.45, 7) is 0. The number of hydrogen-bond donors (Lipinski definition) is 10. The summed E-state index contributed by atoms with van der Waals surface area (Å²) >= 11 is 0. The van der Waals surface area contributed by atoms with Gasteiger partial charge in [-0.25, -0.2) is 0 Å². The molecular formula is C56H42O12. The molecule has 0 bridgehead atoms. The number of phenols is 10. The van der Waals surface area contributed by atoms with Crippen molar-refractivity contribution in [2.75, 3.05) is 0 Å². The molecule has 8 atom stereocenters. The van der Waals surface area contributed by atoms with Crippen LogP contribution in [0.1, 0.15) is 114 Å². The second kappa shape index (κ2) is 14.9. The Kier molecular flexibility index (Phi) is 8.97. The van der Waals surface area contributed by atoms with Gasteiger partial charge in [0.1, 0.15) is 81.2 Å². The first-order valence-corrected chi connectivity index (χ1v) is 22.2. The standard InChI is InChI=1S/C56H42O12/c57-29-9-1-25(2-10-29)45-47-37(17-33(61)21-41(47)65)53-49-39(19-35(63)23-43(49)67-55(53)27-5-13-31(59)14-6-27)51(45)52-40-20-36(64)24-44-50(40)54(56(68-44)28-7-15-32(60)16-8-28)38-18-34(62)22-42(66)48(38)46(52)26-3-11-30(58)12-4-26/h1-24,45-46,51-66H/t45-,46+,51-,52+,53-,54-,55+,56+/m1/s1. The Morgan fingerprint density at radius 1 is 0.265 bits per heavy atom. The predicted molar refractivity (Wildman–Crippen MR) is 248 cm³/mol. The Labute approximate surface area is 388 Å². The Morgan fingerprint density at radius 2 is 0.559 bits per heavy atom. The summed E-state index contributed by atoms with van der Waals surface area (Å²) in [5.41, 5.74) is 6.75. The van der Waals surface area contributed by atoms with Crippen molar-refractivity contribution in [3.05, 3.63) is 212 Å². The lowest BCUT2D eigenvalue weighted by Gasteiger charge is -2.40. The first kappa shape index (κ1) is 40.8. The first-order valence-electron chi connectivity index (χ1n) is 22.2. The van der Waals surface area contributed by atoms with Crippen molar-refractivity contribution in [1.82, 2.24) is 0 Å². The summed E-state index contributed by atoms with van der Waals surface area (Å²) in [6.07, 6.45) is -1.62. The van der Waals surface area contributed by atoms with E-state index in [1.165, 1.54) is 24.3 Å². The molecule has 338 valence electrons. The van der Waals surface area contributed by atoms with Crippen LogP contribution in [0.5, 0.6) is 69.0 Å². The van der Waals surface area contributed by atoms with Gasteiger partial charge in [-0.05, 0) is 117 Å². The van der Waals surface area contributed by atoms with Crippen LogP contribution in [0.2, 0.25) is 0 Å². The molecule has 0 saturated carbocycles. The maximum Gasteiger partial charge on any atom is 0.135 e. The van der Waals surface area contributed by atoms with Gasteiger partial charge in [-0.1, -0.05) is 48.5 Å². The second-order valence-electron chi connectivity index (χ2n) is 18.2. The Hall–Kier alpha value is -8.64. The van der Waals surface area contributed by atoms with Crippen LogP contribution in [0, 0.1) is 0 Å². The van der Waals surface area contributed by atoms with E-state index in [2.05, 4.69) is 0 Å². The minimum Gasteiger partial charge on any atom is -0.508 e. The molecule has 0 fully saturated rings. The Morgan fingerprint density at radius 3 is 0.897 bits per heavy atom. The minimum atomic E-state index is -0.918. The molecule has 2 aliphatic heterocycles. The third kappa shape index (κ3) is 6.20. The smallest absolute Gasteiger partial charge is 0.135 e. The SMILES string of the molecule is Oc1ccc([C@@H]2c3c(O)cc(O)cc3[C@@H]3c4c(cc(O)cc4[C@H]2[C@H]2c4cc(O)cc5c4[C@@H](c4cc(O)cc(O)c4[C@@H]2c2ccc(O)cc2)[C@H](c2ccc(O)cc2)O5)O[C@H]3c2ccc(O)cc2)cc1. The van der Waals surface area contributed by atoms with Crippen LogP contribution in [0.4, 0.5) is 0 Å². The lowest BCUT2D eigenvalue weighted by Crippen LogP contribution is -2.26. The summed E-state index contributed by atoms with van der Waals surface area (Å²) in [7, 11) is 0. The third-order valence-electron chi connectivity index (χ3n) is 14.5. The van der Waals surface area contributed by atoms with E-state index in [0.29, 0.717) is 78.3 Å². The van der Waals surface area contributed by atoms with Gasteiger partial charge in [0, 0.05) is 70.2 Å². The largest absolute Gasteiger partial charge is 0.508 e. The average Bonchev–Trinajstić information content (AvgIpc) is 3.81. The molecule has 0 spiro atoms. The number of phenolic OH excluding ortho intramolecular Hbond substituents is 10. The van der Waals surface area contributed by atoms with Crippen molar-refractivity contribution < 1.29 is 60.5 Å². The van der Waals surface area contributed by atoms with Gasteiger partial charge >= 0.3 is 0 Å². The zero-order chi connectivity index (χ0) is 46.9. The van der Waals surface area contributed by atoms with Crippen molar-refractivity contribution in [3.8, 4) is 69.0 Å². The van der Waals surface area contributed by atoms with E-state index in [9.17, 15) is 51.1 Å². The van der Waals surface area contributed by atoms with E-state index in [0.717, 1.165) is 0 Å². The highest BCUT2D eigenvalue weighted by Crippen LogP contribution is 2.69. The summed E-state index contributed by atoms with van der Waals surface area (Å²) < 4.78 is 13.7. The number of aromatic hydroxyl groups is 10. The van der Waals surface area contributed by atoms with Gasteiger partial charge in [-0.15, -0.1) is 0 Å². The monoisotopic (exact) mass is 906 g/mol. The van der Waals surface area contributed by atoms with Crippen LogP contribution in [0.15, 0.2) is 146 Å². The zero-order valence-electron chi connectivity index (χ0n) is 35.8. The quantitative estimate of drug-likeness (QED) is 0.0780. The predicted octanol–water partition coefficient (Wildman–Crippen LogP) is 10.4. The van der Waals surface area contributed by atoms with E-state index in [-0.39, 0.29) is 57.5 Å². The molecule has 4 aliphatic rings. The molecule has 2 aliphatic carbocycles. The van der Waals surface area contributed by atoms with Crippen molar-refractivity contribution in [2.24, 2.45) is 0 Å². The third-order valence-corrected chi connectivity index (χ3v) is 14.5. The van der Waals surface area contributed by atoms with Gasteiger partial charge in [0.05, 0.1) is 11.8 Å². The van der Waals surface area contributed by atoms with Crippen molar-refractivity contribution >= 4 is 0 Å². The lowest BCUT2D eigenvalue weighted by atomic mass is 9.62. The van der Waals surface area contributed by atoms with Crippen molar-refractivity contribution in [2.45, 2.75) is 47.7 Å². The maximum atomic E-state index is 12.5. The van der Waals surface area contributed by atoms with Crippen LogP contribution in [-0.2, 0) is 0 Å². The molecule has 0 aromatic heterocycles. The van der Waals surface area contributed by atoms with E-state index in [1.807, 2.05) is 0 Å². The molecule has 68 heavy (non-hydrogen) atoms. The van der Waals surface area contributed by atoms with E-state index in [4.69, 9.17) is 9.47 Å². The van der Waals surface area contributed by atoms with Crippen LogP contribution in [-0.4, -0.2) is 51.1 Å². The fourth-order valence-electron chi connectivity index (χ4n) is 12.0. The normalized spacial score (nSPS) is 22.6. The first-order chi connectivity index (χ1) is 32.8. The van der Waals surface area contributed by atoms with Crippen LogP contribution in [0.3, 0.4) is 0 Å². The summed E-state index contributed by atoms with van der Waals surface area (Å²) in [5, 5.41) is 114. The molecule has 2 heterocycles. The average molecular weight is 907 g/mol. The van der Waals surface area contributed by atoms with Crippen molar-refractivity contribution in [1.29, 1.82) is 0 Å². The molecular weight excluding hydrogens is 865 g/mol. The number of rotatable bonds is 5. The van der Waals surface area contributed by atoms with Gasteiger partial charge in [0.25, 0.3) is 0 Å². The van der Waals surface area contributed by atoms with Gasteiger partial charge in [0.2, 0.25) is 0 Å². The van der Waals surface area contributed by atoms with Gasteiger partial charge in [-0.2, -0.15) is 0 Å². The molecule has 10 N–H and O–H groups in total. The summed E-state index contributed by atoms with van der Waals surface area (Å²) in [5.74, 6) is -5.69. The number of ether oxygens (including phenoxy) is 2. The summed E-state index contributed by atoms with van der Waals surface area (Å²) in [6, 6.07) is 38.4. The Balaban J connectivity index is 1.25. The molecule has 0 saturated heterocycles. The molecule has 12 rings (SSSR count). The van der Waals surface area contributed by atoms with Gasteiger partial charge < -0.3 is 60.5 Å². The highest BCUT2D eigenvalue weighted by Gasteiger charge is 2.55. The van der Waals surface area contributed by atoms with Gasteiger partial charge in [-0.3, -0.25) is 0 Å². The van der Waals surface area contributed by atoms with Crippen LogP contribution >= 0.6 is 0 Å². The highest BCUT2D eigenvalue weighted by molar-refractivity contribution is 5.71. The van der Waals surface area contributed by atoms with Crippen molar-refractivity contribution in [3.63, 3.8) is 0 Å². The minimum absolute atomic E-state index is 0.0182. The molecule has 0 amide bonds. The molecule has 8 aromatic carbocycles. The fraction of sp³-hybridized carbons (Fsp3) is 0.143. The van der Waals surface area contributed by atoms with Crippen LogP contribution in [0.25, 0.3) is 0 Å². The highest BCUT2D eigenvalue weighted by atomic mass is 16.5. The van der Waals surface area contributed by atoms with Gasteiger partial charge in [0.15, 0.2) is 0 Å².